The van der Waals surface area contributed by atoms with Crippen LogP contribution in [0.1, 0.15) is 29.2 Å². The fourth-order valence-corrected chi connectivity index (χ4v) is 2.72. The van der Waals surface area contributed by atoms with Crippen molar-refractivity contribution in [3.05, 3.63) is 65.2 Å². The molecule has 1 unspecified atom stereocenters. The van der Waals surface area contributed by atoms with Crippen molar-refractivity contribution in [2.75, 3.05) is 11.9 Å². The minimum Gasteiger partial charge on any atom is -0.392 e. The van der Waals surface area contributed by atoms with Gasteiger partial charge in [-0.05, 0) is 41.8 Å². The molecule has 1 aliphatic rings. The molecule has 0 aliphatic carbocycles. The van der Waals surface area contributed by atoms with Gasteiger partial charge in [0.15, 0.2) is 0 Å². The van der Waals surface area contributed by atoms with Crippen molar-refractivity contribution in [1.82, 2.24) is 5.32 Å². The first-order chi connectivity index (χ1) is 9.86. The topological polar surface area (TPSA) is 44.3 Å². The van der Waals surface area contributed by atoms with Crippen molar-refractivity contribution in [1.29, 1.82) is 0 Å². The average molecular weight is 268 g/mol. The molecule has 0 saturated heterocycles. The molecule has 3 rings (SSSR count). The molecule has 0 fully saturated rings. The third-order valence-corrected chi connectivity index (χ3v) is 3.83. The van der Waals surface area contributed by atoms with Crippen molar-refractivity contribution in [2.45, 2.75) is 25.6 Å². The second-order valence-corrected chi connectivity index (χ2v) is 5.22. The summed E-state index contributed by atoms with van der Waals surface area (Å²) >= 11 is 0. The molecule has 3 heteroatoms. The van der Waals surface area contributed by atoms with E-state index < -0.39 is 0 Å². The molecule has 20 heavy (non-hydrogen) atoms. The van der Waals surface area contributed by atoms with Crippen LogP contribution in [-0.2, 0) is 13.2 Å². The van der Waals surface area contributed by atoms with Crippen LogP contribution in [0.5, 0.6) is 0 Å². The SMILES string of the molecule is OCc1ccc(NC2CCNCc3ccccc32)cc1. The van der Waals surface area contributed by atoms with Crippen LogP contribution in [0.15, 0.2) is 48.5 Å². The Bertz CT molecular complexity index is 565. The first kappa shape index (κ1) is 13.2. The number of hydrogen-bond donors (Lipinski definition) is 3. The van der Waals surface area contributed by atoms with Gasteiger partial charge >= 0.3 is 0 Å². The number of nitrogens with one attached hydrogen (secondary N) is 2. The zero-order valence-corrected chi connectivity index (χ0v) is 11.5. The zero-order chi connectivity index (χ0) is 13.8. The van der Waals surface area contributed by atoms with E-state index in [0.29, 0.717) is 6.04 Å². The minimum absolute atomic E-state index is 0.0937. The Morgan fingerprint density at radius 3 is 2.70 bits per heavy atom. The smallest absolute Gasteiger partial charge is 0.0681 e. The third kappa shape index (κ3) is 2.84. The number of hydrogen-bond acceptors (Lipinski definition) is 3. The van der Waals surface area contributed by atoms with Gasteiger partial charge in [-0.15, -0.1) is 0 Å². The quantitative estimate of drug-likeness (QED) is 0.802. The lowest BCUT2D eigenvalue weighted by molar-refractivity contribution is 0.282. The Morgan fingerprint density at radius 2 is 1.90 bits per heavy atom. The Hall–Kier alpha value is -1.84. The number of rotatable bonds is 3. The van der Waals surface area contributed by atoms with Crippen LogP contribution in [0.3, 0.4) is 0 Å². The van der Waals surface area contributed by atoms with E-state index >= 15 is 0 Å². The monoisotopic (exact) mass is 268 g/mol. The van der Waals surface area contributed by atoms with Gasteiger partial charge in [0.05, 0.1) is 12.6 Å². The van der Waals surface area contributed by atoms with Crippen molar-refractivity contribution >= 4 is 5.69 Å². The molecule has 1 heterocycles. The van der Waals surface area contributed by atoms with Gasteiger partial charge in [-0.2, -0.15) is 0 Å². The molecule has 3 nitrogen and oxygen atoms in total. The summed E-state index contributed by atoms with van der Waals surface area (Å²) in [5.41, 5.74) is 4.79. The van der Waals surface area contributed by atoms with Crippen LogP contribution >= 0.6 is 0 Å². The summed E-state index contributed by atoms with van der Waals surface area (Å²) < 4.78 is 0. The lowest BCUT2D eigenvalue weighted by atomic mass is 9.99. The van der Waals surface area contributed by atoms with Crippen molar-refractivity contribution in [2.24, 2.45) is 0 Å². The van der Waals surface area contributed by atoms with E-state index in [0.717, 1.165) is 30.8 Å². The van der Waals surface area contributed by atoms with Gasteiger partial charge in [0, 0.05) is 12.2 Å². The number of anilines is 1. The molecule has 2 aromatic rings. The minimum atomic E-state index is 0.0937. The summed E-state index contributed by atoms with van der Waals surface area (Å²) in [6.45, 7) is 2.05. The Balaban J connectivity index is 1.82. The van der Waals surface area contributed by atoms with Crippen LogP contribution in [0.2, 0.25) is 0 Å². The first-order valence-corrected chi connectivity index (χ1v) is 7.11. The largest absolute Gasteiger partial charge is 0.392 e. The molecule has 2 aromatic carbocycles. The number of aliphatic hydroxyl groups excluding tert-OH is 1. The predicted octanol–water partition coefficient (Wildman–Crippen LogP) is 2.83. The Labute approximate surface area is 119 Å². The lowest BCUT2D eigenvalue weighted by Gasteiger charge is -2.20. The summed E-state index contributed by atoms with van der Waals surface area (Å²) in [6, 6.07) is 16.9. The van der Waals surface area contributed by atoms with E-state index in [1.165, 1.54) is 11.1 Å². The summed E-state index contributed by atoms with van der Waals surface area (Å²) in [4.78, 5) is 0. The second kappa shape index (κ2) is 6.07. The molecule has 3 N–H and O–H groups in total. The van der Waals surface area contributed by atoms with Crippen LogP contribution in [0, 0.1) is 0 Å². The molecule has 104 valence electrons. The highest BCUT2D eigenvalue weighted by atomic mass is 16.3. The average Bonchev–Trinajstić information content (AvgIpc) is 2.71. The fourth-order valence-electron chi connectivity index (χ4n) is 2.72. The predicted molar refractivity (Wildman–Crippen MR) is 81.5 cm³/mol. The summed E-state index contributed by atoms with van der Waals surface area (Å²) in [5, 5.41) is 16.2. The molecule has 0 amide bonds. The highest BCUT2D eigenvalue weighted by molar-refractivity contribution is 5.48. The van der Waals surface area contributed by atoms with Gasteiger partial charge in [-0.25, -0.2) is 0 Å². The maximum Gasteiger partial charge on any atom is 0.0681 e. The maximum absolute atomic E-state index is 9.09. The van der Waals surface area contributed by atoms with Gasteiger partial charge in [0.1, 0.15) is 0 Å². The van der Waals surface area contributed by atoms with E-state index in [9.17, 15) is 0 Å². The van der Waals surface area contributed by atoms with Crippen LogP contribution in [0.25, 0.3) is 0 Å². The Morgan fingerprint density at radius 1 is 1.10 bits per heavy atom. The Kier molecular flexibility index (Phi) is 4.00. The summed E-state index contributed by atoms with van der Waals surface area (Å²) in [6.07, 6.45) is 1.07. The van der Waals surface area contributed by atoms with E-state index in [4.69, 9.17) is 5.11 Å². The van der Waals surface area contributed by atoms with Gasteiger partial charge in [0.2, 0.25) is 0 Å². The van der Waals surface area contributed by atoms with Crippen LogP contribution < -0.4 is 10.6 Å². The van der Waals surface area contributed by atoms with Crippen LogP contribution in [0.4, 0.5) is 5.69 Å². The van der Waals surface area contributed by atoms with Gasteiger partial charge in [-0.3, -0.25) is 0 Å². The first-order valence-electron chi connectivity index (χ1n) is 7.11. The second-order valence-electron chi connectivity index (χ2n) is 5.22. The van der Waals surface area contributed by atoms with Crippen molar-refractivity contribution in [3.8, 4) is 0 Å². The van der Waals surface area contributed by atoms with Gasteiger partial charge in [-0.1, -0.05) is 36.4 Å². The molecule has 0 saturated carbocycles. The molecule has 1 atom stereocenters. The third-order valence-electron chi connectivity index (χ3n) is 3.83. The molecule has 0 bridgehead atoms. The highest BCUT2D eigenvalue weighted by Crippen LogP contribution is 2.27. The number of aliphatic hydroxyl groups is 1. The van der Waals surface area contributed by atoms with Crippen molar-refractivity contribution in [3.63, 3.8) is 0 Å². The molecule has 1 aliphatic heterocycles. The van der Waals surface area contributed by atoms with Crippen molar-refractivity contribution < 1.29 is 5.11 Å². The molecule has 0 spiro atoms. The molecule has 0 radical (unpaired) electrons. The summed E-state index contributed by atoms with van der Waals surface area (Å²) in [7, 11) is 0. The number of benzene rings is 2. The zero-order valence-electron chi connectivity index (χ0n) is 11.5. The molecular formula is C17H20N2O. The summed E-state index contributed by atoms with van der Waals surface area (Å²) in [5.74, 6) is 0. The molecular weight excluding hydrogens is 248 g/mol. The highest BCUT2D eigenvalue weighted by Gasteiger charge is 2.17. The van der Waals surface area contributed by atoms with Gasteiger partial charge in [0.25, 0.3) is 0 Å². The maximum atomic E-state index is 9.09. The number of fused-ring (bicyclic) bond motifs is 1. The molecule has 0 aromatic heterocycles. The lowest BCUT2D eigenvalue weighted by Crippen LogP contribution is -2.15. The van der Waals surface area contributed by atoms with E-state index in [1.54, 1.807) is 0 Å². The normalized spacial score (nSPS) is 18.1. The fraction of sp³-hybridized carbons (Fsp3) is 0.294. The van der Waals surface area contributed by atoms with E-state index in [1.807, 2.05) is 24.3 Å². The van der Waals surface area contributed by atoms with E-state index in [2.05, 4.69) is 34.9 Å². The van der Waals surface area contributed by atoms with E-state index in [-0.39, 0.29) is 6.61 Å². The standard InChI is InChI=1S/C17H20N2O/c20-12-13-5-7-15(8-6-13)19-17-9-10-18-11-14-3-1-2-4-16(14)17/h1-8,17-20H,9-12H2. The van der Waals surface area contributed by atoms with Gasteiger partial charge < -0.3 is 15.7 Å². The van der Waals surface area contributed by atoms with Crippen LogP contribution in [-0.4, -0.2) is 11.7 Å².